The number of carbonyl (C=O) groups excluding carboxylic acids is 1. The third kappa shape index (κ3) is 2.91. The third-order valence-corrected chi connectivity index (χ3v) is 3.13. The monoisotopic (exact) mass is 294 g/mol. The summed E-state index contributed by atoms with van der Waals surface area (Å²) < 4.78 is 24.3. The first-order valence-corrected chi connectivity index (χ1v) is 6.23. The first-order chi connectivity index (χ1) is 9.67. The van der Waals surface area contributed by atoms with Gasteiger partial charge in [-0.1, -0.05) is 23.7 Å². The van der Waals surface area contributed by atoms with E-state index in [-0.39, 0.29) is 22.9 Å². The van der Waals surface area contributed by atoms with Crippen molar-refractivity contribution in [2.45, 2.75) is 6.61 Å². The maximum absolute atomic E-state index is 13.7. The van der Waals surface area contributed by atoms with Crippen molar-refractivity contribution in [1.29, 1.82) is 0 Å². The predicted octanol–water partition coefficient (Wildman–Crippen LogP) is 3.88. The maximum atomic E-state index is 13.7. The summed E-state index contributed by atoms with van der Waals surface area (Å²) in [5.74, 6) is 0.214. The minimum absolute atomic E-state index is 0.0906. The molecule has 2 rings (SSSR count). The molecule has 104 valence electrons. The van der Waals surface area contributed by atoms with Crippen LogP contribution < -0.4 is 9.47 Å². The van der Waals surface area contributed by atoms with Crippen molar-refractivity contribution in [3.63, 3.8) is 0 Å². The van der Waals surface area contributed by atoms with Gasteiger partial charge in [0.05, 0.1) is 17.7 Å². The van der Waals surface area contributed by atoms with Crippen molar-refractivity contribution >= 4 is 17.9 Å². The number of hydrogen-bond donors (Lipinski definition) is 0. The number of para-hydroxylation sites is 1. The van der Waals surface area contributed by atoms with Gasteiger partial charge in [0.25, 0.3) is 0 Å². The molecule has 0 saturated carbocycles. The smallest absolute Gasteiger partial charge is 0.172 e. The average Bonchev–Trinajstić information content (AvgIpc) is 2.46. The van der Waals surface area contributed by atoms with E-state index in [1.165, 1.54) is 19.2 Å². The van der Waals surface area contributed by atoms with Gasteiger partial charge >= 0.3 is 0 Å². The number of methoxy groups -OCH3 is 1. The largest absolute Gasteiger partial charge is 0.493 e. The van der Waals surface area contributed by atoms with E-state index < -0.39 is 5.82 Å². The van der Waals surface area contributed by atoms with Crippen LogP contribution in [0.4, 0.5) is 4.39 Å². The molecule has 0 bridgehead atoms. The Labute approximate surface area is 120 Å². The number of hydrogen-bond acceptors (Lipinski definition) is 3. The second-order valence-corrected chi connectivity index (χ2v) is 4.39. The molecule has 5 heteroatoms. The summed E-state index contributed by atoms with van der Waals surface area (Å²) in [6.07, 6.45) is 0.654. The molecule has 0 saturated heterocycles. The van der Waals surface area contributed by atoms with E-state index in [9.17, 15) is 9.18 Å². The summed E-state index contributed by atoms with van der Waals surface area (Å²) in [6, 6.07) is 9.31. The summed E-state index contributed by atoms with van der Waals surface area (Å²) in [5, 5.41) is 0.271. The van der Waals surface area contributed by atoms with Crippen LogP contribution in [-0.2, 0) is 6.61 Å². The Balaban J connectivity index is 2.29. The van der Waals surface area contributed by atoms with E-state index in [1.54, 1.807) is 24.3 Å². The first-order valence-electron chi connectivity index (χ1n) is 5.85. The summed E-state index contributed by atoms with van der Waals surface area (Å²) in [6.45, 7) is -0.0906. The van der Waals surface area contributed by atoms with Gasteiger partial charge in [-0.25, -0.2) is 4.39 Å². The molecular weight excluding hydrogens is 283 g/mol. The van der Waals surface area contributed by atoms with Crippen LogP contribution in [0.1, 0.15) is 15.9 Å². The van der Waals surface area contributed by atoms with E-state index in [2.05, 4.69) is 0 Å². The van der Waals surface area contributed by atoms with Crippen LogP contribution in [0.3, 0.4) is 0 Å². The standard InChI is InChI=1S/C15H12ClFO3/c1-19-14-7-2-4-10(8-18)15(14)20-9-11-12(16)5-3-6-13(11)17/h2-8H,9H2,1H3. The van der Waals surface area contributed by atoms with Crippen LogP contribution in [0.25, 0.3) is 0 Å². The fourth-order valence-electron chi connectivity index (χ4n) is 1.76. The van der Waals surface area contributed by atoms with Crippen LogP contribution in [0.15, 0.2) is 36.4 Å². The van der Waals surface area contributed by atoms with Gasteiger partial charge in [-0.05, 0) is 24.3 Å². The number of aldehydes is 1. The SMILES string of the molecule is COc1cccc(C=O)c1OCc1c(F)cccc1Cl. The van der Waals surface area contributed by atoms with Crippen molar-refractivity contribution in [3.8, 4) is 11.5 Å². The molecule has 0 amide bonds. The van der Waals surface area contributed by atoms with Gasteiger partial charge in [0.1, 0.15) is 12.4 Å². The highest BCUT2D eigenvalue weighted by molar-refractivity contribution is 6.31. The molecule has 0 spiro atoms. The van der Waals surface area contributed by atoms with Crippen molar-refractivity contribution in [1.82, 2.24) is 0 Å². The van der Waals surface area contributed by atoms with Gasteiger partial charge in [0.2, 0.25) is 0 Å². The molecule has 0 aliphatic carbocycles. The molecule has 0 fully saturated rings. The van der Waals surface area contributed by atoms with Gasteiger partial charge in [-0.3, -0.25) is 4.79 Å². The van der Waals surface area contributed by atoms with Gasteiger partial charge in [0.15, 0.2) is 17.8 Å². The Hall–Kier alpha value is -2.07. The van der Waals surface area contributed by atoms with Gasteiger partial charge in [0, 0.05) is 5.56 Å². The van der Waals surface area contributed by atoms with Crippen molar-refractivity contribution in [2.75, 3.05) is 7.11 Å². The lowest BCUT2D eigenvalue weighted by Crippen LogP contribution is -2.03. The van der Waals surface area contributed by atoms with Gasteiger partial charge in [-0.15, -0.1) is 0 Å². The lowest BCUT2D eigenvalue weighted by molar-refractivity contribution is 0.111. The Morgan fingerprint density at radius 1 is 1.25 bits per heavy atom. The van der Waals surface area contributed by atoms with Crippen molar-refractivity contribution in [3.05, 3.63) is 58.4 Å². The van der Waals surface area contributed by atoms with Crippen molar-refractivity contribution < 1.29 is 18.7 Å². The fourth-order valence-corrected chi connectivity index (χ4v) is 1.97. The molecule has 0 heterocycles. The minimum Gasteiger partial charge on any atom is -0.493 e. The number of halogens is 2. The quantitative estimate of drug-likeness (QED) is 0.785. The normalized spacial score (nSPS) is 10.2. The van der Waals surface area contributed by atoms with Crippen LogP contribution in [0.5, 0.6) is 11.5 Å². The first kappa shape index (κ1) is 14.3. The number of rotatable bonds is 5. The molecule has 0 N–H and O–H groups in total. The molecule has 0 atom stereocenters. The van der Waals surface area contributed by atoms with Gasteiger partial charge < -0.3 is 9.47 Å². The molecule has 0 radical (unpaired) electrons. The lowest BCUT2D eigenvalue weighted by atomic mass is 10.2. The van der Waals surface area contributed by atoms with Crippen LogP contribution >= 0.6 is 11.6 Å². The highest BCUT2D eigenvalue weighted by Gasteiger charge is 2.13. The van der Waals surface area contributed by atoms with E-state index in [1.807, 2.05) is 0 Å². The van der Waals surface area contributed by atoms with E-state index in [4.69, 9.17) is 21.1 Å². The summed E-state index contributed by atoms with van der Waals surface area (Å²) in [4.78, 5) is 11.0. The summed E-state index contributed by atoms with van der Waals surface area (Å²) in [7, 11) is 1.47. The Morgan fingerprint density at radius 2 is 2.00 bits per heavy atom. The number of ether oxygens (including phenoxy) is 2. The second kappa shape index (κ2) is 6.39. The summed E-state index contributed by atoms with van der Waals surface area (Å²) >= 11 is 5.92. The molecule has 3 nitrogen and oxygen atoms in total. The maximum Gasteiger partial charge on any atom is 0.172 e. The Bertz CT molecular complexity index is 608. The summed E-state index contributed by atoms with van der Waals surface area (Å²) in [5.41, 5.74) is 0.564. The van der Waals surface area contributed by atoms with Crippen LogP contribution in [0, 0.1) is 5.82 Å². The highest BCUT2D eigenvalue weighted by atomic mass is 35.5. The average molecular weight is 295 g/mol. The highest BCUT2D eigenvalue weighted by Crippen LogP contribution is 2.31. The third-order valence-electron chi connectivity index (χ3n) is 2.78. The number of benzene rings is 2. The second-order valence-electron chi connectivity index (χ2n) is 3.99. The van der Waals surface area contributed by atoms with E-state index >= 15 is 0 Å². The minimum atomic E-state index is -0.458. The number of carbonyl (C=O) groups is 1. The topological polar surface area (TPSA) is 35.5 Å². The molecule has 0 aliphatic rings. The van der Waals surface area contributed by atoms with Gasteiger partial charge in [-0.2, -0.15) is 0 Å². The zero-order valence-corrected chi connectivity index (χ0v) is 11.5. The fraction of sp³-hybridized carbons (Fsp3) is 0.133. The van der Waals surface area contributed by atoms with E-state index in [0.29, 0.717) is 17.6 Å². The molecule has 0 aromatic heterocycles. The zero-order chi connectivity index (χ0) is 14.5. The van der Waals surface area contributed by atoms with Crippen molar-refractivity contribution in [2.24, 2.45) is 0 Å². The molecule has 20 heavy (non-hydrogen) atoms. The predicted molar refractivity (Wildman–Crippen MR) is 74.1 cm³/mol. The molecule has 0 aliphatic heterocycles. The zero-order valence-electron chi connectivity index (χ0n) is 10.7. The Kier molecular flexibility index (Phi) is 4.58. The van der Waals surface area contributed by atoms with Crippen LogP contribution in [0.2, 0.25) is 5.02 Å². The Morgan fingerprint density at radius 3 is 2.65 bits per heavy atom. The van der Waals surface area contributed by atoms with E-state index in [0.717, 1.165) is 0 Å². The molecule has 2 aromatic carbocycles. The molecule has 2 aromatic rings. The lowest BCUT2D eigenvalue weighted by Gasteiger charge is -2.13. The molecular formula is C15H12ClFO3. The molecule has 0 unspecified atom stereocenters. The van der Waals surface area contributed by atoms with Crippen LogP contribution in [-0.4, -0.2) is 13.4 Å².